The molecule has 1 aliphatic carbocycles. The van der Waals surface area contributed by atoms with Crippen LogP contribution in [0.1, 0.15) is 41.5 Å². The number of aryl methyl sites for hydroxylation is 2. The van der Waals surface area contributed by atoms with Crippen molar-refractivity contribution in [2.45, 2.75) is 44.4 Å². The summed E-state index contributed by atoms with van der Waals surface area (Å²) in [5, 5.41) is 8.15. The number of nitrogens with one attached hydrogen (secondary N) is 2. The predicted molar refractivity (Wildman–Crippen MR) is 97.5 cm³/mol. The van der Waals surface area contributed by atoms with Gasteiger partial charge in [0.15, 0.2) is 0 Å². The lowest BCUT2D eigenvalue weighted by Crippen LogP contribution is -2.15. The second-order valence-electron chi connectivity index (χ2n) is 6.72. The van der Waals surface area contributed by atoms with Gasteiger partial charge in [0, 0.05) is 17.2 Å². The number of para-hydroxylation sites is 1. The van der Waals surface area contributed by atoms with Crippen molar-refractivity contribution in [3.8, 4) is 11.6 Å². The van der Waals surface area contributed by atoms with Crippen molar-refractivity contribution in [2.75, 3.05) is 4.72 Å². The van der Waals surface area contributed by atoms with Crippen LogP contribution in [0.4, 0.5) is 5.69 Å². The molecule has 0 aliphatic heterocycles. The highest BCUT2D eigenvalue weighted by Gasteiger charge is 2.31. The number of H-pyrrole nitrogens is 1. The summed E-state index contributed by atoms with van der Waals surface area (Å²) in [5.74, 6) is 1.29. The fourth-order valence-electron chi connectivity index (χ4n) is 3.06. The van der Waals surface area contributed by atoms with Crippen molar-refractivity contribution in [3.05, 3.63) is 47.0 Å². The Morgan fingerprint density at radius 2 is 1.88 bits per heavy atom. The molecule has 0 unspecified atom stereocenters. The lowest BCUT2D eigenvalue weighted by molar-refractivity contribution is 0.507. The maximum absolute atomic E-state index is 13.0. The van der Waals surface area contributed by atoms with E-state index in [9.17, 15) is 8.42 Å². The second kappa shape index (κ2) is 5.98. The van der Waals surface area contributed by atoms with Crippen molar-refractivity contribution in [1.29, 1.82) is 0 Å². The molecule has 3 aromatic rings. The third-order valence-corrected chi connectivity index (χ3v) is 6.25. The van der Waals surface area contributed by atoms with Crippen LogP contribution in [0.5, 0.6) is 0 Å². The van der Waals surface area contributed by atoms with Gasteiger partial charge in [-0.25, -0.2) is 8.42 Å². The molecule has 1 aromatic carbocycles. The highest BCUT2D eigenvalue weighted by Crippen LogP contribution is 2.40. The molecule has 1 saturated carbocycles. The number of aromatic nitrogens is 3. The van der Waals surface area contributed by atoms with Crippen molar-refractivity contribution in [2.24, 2.45) is 0 Å². The number of benzene rings is 1. The molecule has 0 bridgehead atoms. The molecule has 0 spiro atoms. The summed E-state index contributed by atoms with van der Waals surface area (Å²) in [7, 11) is -3.75. The molecule has 136 valence electrons. The van der Waals surface area contributed by atoms with Gasteiger partial charge in [0.2, 0.25) is 5.89 Å². The van der Waals surface area contributed by atoms with Gasteiger partial charge in [0.05, 0.1) is 5.69 Å². The number of nitrogens with zero attached hydrogens (tertiary/aromatic N) is 2. The fraction of sp³-hybridized carbons (Fsp3) is 0.333. The molecule has 2 heterocycles. The quantitative estimate of drug-likeness (QED) is 0.712. The van der Waals surface area contributed by atoms with E-state index < -0.39 is 10.0 Å². The number of aromatic amines is 1. The minimum Gasteiger partial charge on any atom is -0.419 e. The van der Waals surface area contributed by atoms with E-state index in [1.165, 1.54) is 0 Å². The van der Waals surface area contributed by atoms with E-state index in [-0.39, 0.29) is 4.90 Å². The Hall–Kier alpha value is -2.61. The minimum atomic E-state index is -3.75. The Kier molecular flexibility index (Phi) is 3.87. The smallest absolute Gasteiger partial charge is 0.264 e. The van der Waals surface area contributed by atoms with Crippen LogP contribution in [0.2, 0.25) is 0 Å². The number of hydrogen-bond donors (Lipinski definition) is 2. The fourth-order valence-corrected chi connectivity index (χ4v) is 4.64. The maximum atomic E-state index is 13.0. The molecule has 2 N–H and O–H groups in total. The Morgan fingerprint density at radius 3 is 2.58 bits per heavy atom. The van der Waals surface area contributed by atoms with Crippen LogP contribution < -0.4 is 4.72 Å². The van der Waals surface area contributed by atoms with Crippen LogP contribution in [0.25, 0.3) is 11.6 Å². The first-order valence-corrected chi connectivity index (χ1v) is 9.96. The van der Waals surface area contributed by atoms with Gasteiger partial charge in [-0.2, -0.15) is 0 Å². The molecule has 8 heteroatoms. The average Bonchev–Trinajstić information content (AvgIpc) is 3.23. The molecule has 1 aliphatic rings. The average molecular weight is 372 g/mol. The Bertz CT molecular complexity index is 1080. The molecule has 1 fully saturated rings. The summed E-state index contributed by atoms with van der Waals surface area (Å²) < 4.78 is 34.3. The summed E-state index contributed by atoms with van der Waals surface area (Å²) in [4.78, 5) is 3.30. The molecule has 0 atom stereocenters. The highest BCUT2D eigenvalue weighted by atomic mass is 32.2. The zero-order chi connectivity index (χ0) is 18.5. The van der Waals surface area contributed by atoms with E-state index in [4.69, 9.17) is 4.42 Å². The van der Waals surface area contributed by atoms with E-state index in [0.717, 1.165) is 18.4 Å². The molecule has 0 saturated heterocycles. The number of rotatable bonds is 5. The van der Waals surface area contributed by atoms with Crippen molar-refractivity contribution in [3.63, 3.8) is 0 Å². The third-order valence-electron chi connectivity index (χ3n) is 4.61. The standard InChI is InChI=1S/C18H20N4O3S/c1-10-6-4-5-7-14(10)22-26(23,24)16-11(2)15(19-12(16)3)18-21-20-17(25-18)13-8-9-13/h4-7,13,19,22H,8-9H2,1-3H3. The zero-order valence-electron chi connectivity index (χ0n) is 14.8. The van der Waals surface area contributed by atoms with Gasteiger partial charge in [0.1, 0.15) is 10.6 Å². The lowest BCUT2D eigenvalue weighted by atomic mass is 10.2. The minimum absolute atomic E-state index is 0.210. The van der Waals surface area contributed by atoms with Gasteiger partial charge in [-0.15, -0.1) is 10.2 Å². The van der Waals surface area contributed by atoms with Gasteiger partial charge in [0.25, 0.3) is 15.9 Å². The van der Waals surface area contributed by atoms with Crippen molar-refractivity contribution >= 4 is 15.7 Å². The first-order valence-electron chi connectivity index (χ1n) is 8.48. The molecular formula is C18H20N4O3S. The first-order chi connectivity index (χ1) is 12.4. The van der Waals surface area contributed by atoms with Gasteiger partial charge >= 0.3 is 0 Å². The van der Waals surface area contributed by atoms with Crippen LogP contribution >= 0.6 is 0 Å². The first kappa shape index (κ1) is 16.8. The molecule has 4 rings (SSSR count). The van der Waals surface area contributed by atoms with E-state index in [2.05, 4.69) is 19.9 Å². The van der Waals surface area contributed by atoms with E-state index in [0.29, 0.717) is 40.3 Å². The Balaban J connectivity index is 1.72. The monoisotopic (exact) mass is 372 g/mol. The number of sulfonamides is 1. The normalized spacial score (nSPS) is 14.6. The van der Waals surface area contributed by atoms with Crippen LogP contribution in [0.3, 0.4) is 0 Å². The molecule has 0 radical (unpaired) electrons. The molecular weight excluding hydrogens is 352 g/mol. The number of anilines is 1. The summed E-state index contributed by atoms with van der Waals surface area (Å²) >= 11 is 0. The van der Waals surface area contributed by atoms with Crippen LogP contribution in [-0.4, -0.2) is 23.6 Å². The van der Waals surface area contributed by atoms with E-state index in [1.807, 2.05) is 19.1 Å². The predicted octanol–water partition coefficient (Wildman–Crippen LogP) is 3.67. The third kappa shape index (κ3) is 2.90. The summed E-state index contributed by atoms with van der Waals surface area (Å²) in [6.45, 7) is 5.32. The summed E-state index contributed by atoms with van der Waals surface area (Å²) in [6.07, 6.45) is 2.12. The van der Waals surface area contributed by atoms with Crippen LogP contribution in [0.15, 0.2) is 33.6 Å². The maximum Gasteiger partial charge on any atom is 0.264 e. The lowest BCUT2D eigenvalue weighted by Gasteiger charge is -2.11. The zero-order valence-corrected chi connectivity index (χ0v) is 15.6. The van der Waals surface area contributed by atoms with Crippen molar-refractivity contribution < 1.29 is 12.8 Å². The molecule has 2 aromatic heterocycles. The Morgan fingerprint density at radius 1 is 1.15 bits per heavy atom. The van der Waals surface area contributed by atoms with Crippen LogP contribution in [0, 0.1) is 20.8 Å². The van der Waals surface area contributed by atoms with Gasteiger partial charge in [-0.1, -0.05) is 18.2 Å². The Labute approximate surface area is 151 Å². The van der Waals surface area contributed by atoms with E-state index >= 15 is 0 Å². The van der Waals surface area contributed by atoms with Gasteiger partial charge in [-0.05, 0) is 45.2 Å². The molecule has 26 heavy (non-hydrogen) atoms. The van der Waals surface area contributed by atoms with E-state index in [1.54, 1.807) is 26.0 Å². The van der Waals surface area contributed by atoms with Gasteiger partial charge in [-0.3, -0.25) is 4.72 Å². The number of hydrogen-bond acceptors (Lipinski definition) is 5. The second-order valence-corrected chi connectivity index (χ2v) is 8.34. The van der Waals surface area contributed by atoms with Gasteiger partial charge < -0.3 is 9.40 Å². The largest absolute Gasteiger partial charge is 0.419 e. The molecule has 7 nitrogen and oxygen atoms in total. The summed E-state index contributed by atoms with van der Waals surface area (Å²) in [5.41, 5.74) is 3.06. The summed E-state index contributed by atoms with van der Waals surface area (Å²) in [6, 6.07) is 7.26. The van der Waals surface area contributed by atoms with Crippen LogP contribution in [-0.2, 0) is 10.0 Å². The SMILES string of the molecule is Cc1ccccc1NS(=O)(=O)c1c(C)[nH]c(-c2nnc(C3CC3)o2)c1C. The van der Waals surface area contributed by atoms with Crippen molar-refractivity contribution in [1.82, 2.24) is 15.2 Å². The highest BCUT2D eigenvalue weighted by molar-refractivity contribution is 7.92. The molecule has 0 amide bonds. The topological polar surface area (TPSA) is 101 Å².